The topological polar surface area (TPSA) is 49.8 Å². The van der Waals surface area contributed by atoms with Gasteiger partial charge in [0.2, 0.25) is 5.95 Å². The number of fused-ring (bicyclic) bond motifs is 1. The van der Waals surface area contributed by atoms with Gasteiger partial charge in [0.05, 0.1) is 11.1 Å². The number of anilines is 3. The summed E-state index contributed by atoms with van der Waals surface area (Å²) in [6.45, 7) is 2.68. The summed E-state index contributed by atoms with van der Waals surface area (Å²) in [5.41, 5.74) is 0.327. The summed E-state index contributed by atoms with van der Waals surface area (Å²) in [4.78, 5) is 9.65. The molecule has 3 rings (SSSR count). The highest BCUT2D eigenvalue weighted by Gasteiger charge is 2.11. The van der Waals surface area contributed by atoms with E-state index in [0.29, 0.717) is 29.0 Å². The van der Waals surface area contributed by atoms with E-state index in [2.05, 4.69) is 20.6 Å². The molecule has 2 aromatic heterocycles. The van der Waals surface area contributed by atoms with Crippen LogP contribution >= 0.6 is 22.9 Å². The third-order valence-corrected chi connectivity index (χ3v) is 3.89. The van der Waals surface area contributed by atoms with Gasteiger partial charge in [-0.3, -0.25) is 0 Å². The van der Waals surface area contributed by atoms with Crippen molar-refractivity contribution in [2.24, 2.45) is 0 Å². The van der Waals surface area contributed by atoms with Crippen molar-refractivity contribution >= 4 is 50.6 Å². The Morgan fingerprint density at radius 2 is 2.14 bits per heavy atom. The van der Waals surface area contributed by atoms with E-state index >= 15 is 0 Å². The Labute approximate surface area is 130 Å². The van der Waals surface area contributed by atoms with Gasteiger partial charge >= 0.3 is 0 Å². The highest BCUT2D eigenvalue weighted by atomic mass is 35.5. The second-order valence-electron chi connectivity index (χ2n) is 4.31. The Balaban J connectivity index is 2.04. The summed E-state index contributed by atoms with van der Waals surface area (Å²) in [6, 6.07) is 6.39. The highest BCUT2D eigenvalue weighted by Crippen LogP contribution is 2.30. The normalized spacial score (nSPS) is 10.8. The third kappa shape index (κ3) is 2.91. The van der Waals surface area contributed by atoms with Crippen molar-refractivity contribution in [3.8, 4) is 0 Å². The lowest BCUT2D eigenvalue weighted by molar-refractivity contribution is 0.632. The predicted octanol–water partition coefficient (Wildman–Crippen LogP) is 4.66. The molecule has 2 heterocycles. The maximum atomic E-state index is 13.9. The molecule has 0 saturated heterocycles. The summed E-state index contributed by atoms with van der Waals surface area (Å²) in [5, 5.41) is 9.22. The molecule has 21 heavy (non-hydrogen) atoms. The van der Waals surface area contributed by atoms with Gasteiger partial charge in [0.25, 0.3) is 0 Å². The van der Waals surface area contributed by atoms with Crippen molar-refractivity contribution in [1.29, 1.82) is 0 Å². The fourth-order valence-electron chi connectivity index (χ4n) is 1.91. The fraction of sp³-hybridized carbons (Fsp3) is 0.143. The van der Waals surface area contributed by atoms with E-state index in [4.69, 9.17) is 11.6 Å². The number of nitrogens with one attached hydrogen (secondary N) is 2. The zero-order valence-electron chi connectivity index (χ0n) is 11.2. The van der Waals surface area contributed by atoms with Crippen molar-refractivity contribution < 1.29 is 4.39 Å². The number of hydrogen-bond donors (Lipinski definition) is 2. The van der Waals surface area contributed by atoms with Crippen LogP contribution in [0.25, 0.3) is 10.2 Å². The molecule has 0 fully saturated rings. The molecular weight excluding hydrogens is 311 g/mol. The van der Waals surface area contributed by atoms with Crippen LogP contribution in [0.5, 0.6) is 0 Å². The number of hydrogen-bond acceptors (Lipinski definition) is 5. The molecule has 7 heteroatoms. The lowest BCUT2D eigenvalue weighted by atomic mass is 10.3. The third-order valence-electron chi connectivity index (χ3n) is 2.84. The van der Waals surface area contributed by atoms with Gasteiger partial charge in [-0.2, -0.15) is 4.98 Å². The average molecular weight is 323 g/mol. The molecule has 0 aliphatic rings. The molecular formula is C14H12ClFN4S. The molecule has 0 bridgehead atoms. The van der Waals surface area contributed by atoms with E-state index in [1.165, 1.54) is 17.4 Å². The fourth-order valence-corrected chi connectivity index (χ4v) is 2.83. The Morgan fingerprint density at radius 1 is 1.29 bits per heavy atom. The van der Waals surface area contributed by atoms with Crippen LogP contribution in [0.1, 0.15) is 6.92 Å². The first-order chi connectivity index (χ1) is 10.2. The predicted molar refractivity (Wildman–Crippen MR) is 86.3 cm³/mol. The molecule has 108 valence electrons. The van der Waals surface area contributed by atoms with Crippen LogP contribution in [-0.2, 0) is 0 Å². The summed E-state index contributed by atoms with van der Waals surface area (Å²) in [6.07, 6.45) is 0. The van der Waals surface area contributed by atoms with Crippen LogP contribution in [-0.4, -0.2) is 16.5 Å². The zero-order valence-corrected chi connectivity index (χ0v) is 12.7. The minimum Gasteiger partial charge on any atom is -0.354 e. The SMILES string of the molecule is CCNc1nc(Nc2ccc(Cl)cc2F)c2ccsc2n1. The molecule has 0 unspecified atom stereocenters. The number of aromatic nitrogens is 2. The molecule has 0 spiro atoms. The smallest absolute Gasteiger partial charge is 0.226 e. The van der Waals surface area contributed by atoms with Crippen LogP contribution in [0.2, 0.25) is 5.02 Å². The Morgan fingerprint density at radius 3 is 2.90 bits per heavy atom. The first kappa shape index (κ1) is 14.0. The first-order valence-electron chi connectivity index (χ1n) is 6.38. The van der Waals surface area contributed by atoms with Gasteiger partial charge in [0, 0.05) is 11.6 Å². The molecule has 0 aliphatic heterocycles. The molecule has 3 aromatic rings. The monoisotopic (exact) mass is 322 g/mol. The van der Waals surface area contributed by atoms with Crippen molar-refractivity contribution in [2.45, 2.75) is 6.92 Å². The van der Waals surface area contributed by atoms with Crippen molar-refractivity contribution in [3.05, 3.63) is 40.5 Å². The Kier molecular flexibility index (Phi) is 3.90. The molecule has 0 saturated carbocycles. The van der Waals surface area contributed by atoms with Gasteiger partial charge in [0.15, 0.2) is 0 Å². The molecule has 0 atom stereocenters. The van der Waals surface area contributed by atoms with E-state index in [-0.39, 0.29) is 0 Å². The summed E-state index contributed by atoms with van der Waals surface area (Å²) in [5.74, 6) is 0.664. The summed E-state index contributed by atoms with van der Waals surface area (Å²) in [7, 11) is 0. The van der Waals surface area contributed by atoms with Crippen molar-refractivity contribution in [3.63, 3.8) is 0 Å². The van der Waals surface area contributed by atoms with Crippen molar-refractivity contribution in [2.75, 3.05) is 17.2 Å². The minimum absolute atomic E-state index is 0.327. The number of rotatable bonds is 4. The van der Waals surface area contributed by atoms with Gasteiger partial charge in [-0.05, 0) is 36.6 Å². The van der Waals surface area contributed by atoms with Crippen molar-refractivity contribution in [1.82, 2.24) is 9.97 Å². The van der Waals surface area contributed by atoms with Gasteiger partial charge < -0.3 is 10.6 Å². The molecule has 0 radical (unpaired) electrons. The van der Waals surface area contributed by atoms with Gasteiger partial charge in [-0.1, -0.05) is 11.6 Å². The molecule has 0 amide bonds. The lowest BCUT2D eigenvalue weighted by Gasteiger charge is -2.10. The van der Waals surface area contributed by atoms with E-state index in [1.807, 2.05) is 18.4 Å². The van der Waals surface area contributed by atoms with Gasteiger partial charge in [-0.25, -0.2) is 9.37 Å². The Bertz CT molecular complexity index is 790. The summed E-state index contributed by atoms with van der Waals surface area (Å²) < 4.78 is 13.9. The van der Waals surface area contributed by atoms with E-state index in [0.717, 1.165) is 10.2 Å². The summed E-state index contributed by atoms with van der Waals surface area (Å²) >= 11 is 7.28. The standard InChI is InChI=1S/C14H12ClFN4S/c1-2-17-14-19-12(9-5-6-21-13(9)20-14)18-11-4-3-8(15)7-10(11)16/h3-7H,2H2,1H3,(H2,17,18,19,20). The molecule has 4 nitrogen and oxygen atoms in total. The molecule has 2 N–H and O–H groups in total. The lowest BCUT2D eigenvalue weighted by Crippen LogP contribution is -2.04. The average Bonchev–Trinajstić information content (AvgIpc) is 2.91. The maximum absolute atomic E-state index is 13.9. The molecule has 0 aliphatic carbocycles. The van der Waals surface area contributed by atoms with Crippen LogP contribution in [0, 0.1) is 5.82 Å². The second-order valence-corrected chi connectivity index (χ2v) is 5.65. The molecule has 1 aromatic carbocycles. The van der Waals surface area contributed by atoms with Crippen LogP contribution in [0.15, 0.2) is 29.6 Å². The van der Waals surface area contributed by atoms with Crippen LogP contribution < -0.4 is 10.6 Å². The number of benzene rings is 1. The van der Waals surface area contributed by atoms with Crippen LogP contribution in [0.4, 0.5) is 21.8 Å². The number of thiophene rings is 1. The largest absolute Gasteiger partial charge is 0.354 e. The van der Waals surface area contributed by atoms with E-state index < -0.39 is 5.82 Å². The van der Waals surface area contributed by atoms with Crippen LogP contribution in [0.3, 0.4) is 0 Å². The first-order valence-corrected chi connectivity index (χ1v) is 7.64. The zero-order chi connectivity index (χ0) is 14.8. The van der Waals surface area contributed by atoms with E-state index in [1.54, 1.807) is 12.1 Å². The second kappa shape index (κ2) is 5.83. The number of nitrogens with zero attached hydrogens (tertiary/aromatic N) is 2. The van der Waals surface area contributed by atoms with Gasteiger partial charge in [0.1, 0.15) is 16.5 Å². The highest BCUT2D eigenvalue weighted by molar-refractivity contribution is 7.16. The quantitative estimate of drug-likeness (QED) is 0.733. The Hall–Kier alpha value is -1.92. The van der Waals surface area contributed by atoms with Gasteiger partial charge in [-0.15, -0.1) is 11.3 Å². The minimum atomic E-state index is -0.422. The van der Waals surface area contributed by atoms with E-state index in [9.17, 15) is 4.39 Å². The number of halogens is 2. The maximum Gasteiger partial charge on any atom is 0.226 e.